The zero-order chi connectivity index (χ0) is 44.7. The van der Waals surface area contributed by atoms with Gasteiger partial charge in [0.25, 0.3) is 0 Å². The predicted octanol–water partition coefficient (Wildman–Crippen LogP) is 16.7. The van der Waals surface area contributed by atoms with E-state index in [9.17, 15) is 0 Å². The van der Waals surface area contributed by atoms with Crippen molar-refractivity contribution in [1.82, 2.24) is 0 Å². The van der Waals surface area contributed by atoms with Gasteiger partial charge in [0, 0.05) is 0 Å². The number of rotatable bonds is 24. The van der Waals surface area contributed by atoms with Gasteiger partial charge in [-0.25, -0.2) is 0 Å². The summed E-state index contributed by atoms with van der Waals surface area (Å²) in [5.74, 6) is 1.80. The van der Waals surface area contributed by atoms with Gasteiger partial charge in [-0.3, -0.25) is 0 Å². The van der Waals surface area contributed by atoms with E-state index in [1.54, 1.807) is 0 Å². The van der Waals surface area contributed by atoms with Crippen LogP contribution in [0.5, 0.6) is 11.5 Å². The fourth-order valence-corrected chi connectivity index (χ4v) is 32.4. The molecule has 11 heteroatoms. The largest absolute Gasteiger partial charge is 0.494 e. The molecule has 0 heterocycles. The molecule has 0 N–H and O–H groups in total. The van der Waals surface area contributed by atoms with Crippen LogP contribution in [-0.2, 0) is 12.3 Å². The summed E-state index contributed by atoms with van der Waals surface area (Å²) in [5, 5.41) is 0. The molecule has 0 unspecified atom stereocenters. The van der Waals surface area contributed by atoms with Crippen LogP contribution in [0.1, 0.15) is 107 Å². The predicted molar refractivity (Wildman–Crippen MR) is 274 cm³/mol. The Morgan fingerprint density at radius 1 is 0.333 bits per heavy atom. The van der Waals surface area contributed by atoms with E-state index in [-0.39, 0.29) is 0 Å². The molecule has 0 atom stereocenters. The third-order valence-electron chi connectivity index (χ3n) is 8.85. The van der Waals surface area contributed by atoms with Crippen molar-refractivity contribution >= 4 is 49.9 Å². The number of unbranched alkanes of at least 4 members (excludes halogenated alkanes) is 4. The zero-order valence-electron chi connectivity index (χ0n) is 41.7. The Labute approximate surface area is 364 Å². The average Bonchev–Trinajstić information content (AvgIpc) is 3.15. The van der Waals surface area contributed by atoms with Crippen LogP contribution in [0.2, 0.25) is 103 Å². The van der Waals surface area contributed by atoms with Crippen LogP contribution in [0.25, 0.3) is 0 Å². The van der Waals surface area contributed by atoms with Gasteiger partial charge in [0.15, 0.2) is 33.3 Å². The molecule has 0 saturated heterocycles. The van der Waals surface area contributed by atoms with Gasteiger partial charge in [0.2, 0.25) is 16.6 Å². The lowest BCUT2D eigenvalue weighted by Gasteiger charge is -2.34. The second kappa shape index (κ2) is 32.9. The third-order valence-corrected chi connectivity index (χ3v) is 30.0. The van der Waals surface area contributed by atoms with Gasteiger partial charge in [0.1, 0.15) is 24.0 Å². The van der Waals surface area contributed by atoms with Crippen LogP contribution < -0.4 is 9.47 Å². The molecule has 0 aliphatic carbocycles. The van der Waals surface area contributed by atoms with Crippen molar-refractivity contribution in [2.45, 2.75) is 209 Å². The van der Waals surface area contributed by atoms with Crippen LogP contribution in [-0.4, -0.2) is 62.4 Å². The maximum absolute atomic E-state index is 6.51. The summed E-state index contributed by atoms with van der Waals surface area (Å²) in [7, 11) is -9.19. The minimum absolute atomic E-state index is 0.652. The average molecular weight is 900 g/mol. The molecule has 0 aromatic heterocycles. The Hall–Kier alpha value is -0.779. The summed E-state index contributed by atoms with van der Waals surface area (Å²) in [6, 6.07) is 25.2. The lowest BCUT2D eigenvalue weighted by atomic mass is 10.3. The first-order valence-corrected chi connectivity index (χ1v) is 41.7. The Morgan fingerprint density at radius 2 is 0.544 bits per heavy atom. The molecule has 336 valence electrons. The first kappa shape index (κ1) is 60.5. The second-order valence-corrected chi connectivity index (χ2v) is 44.6. The van der Waals surface area contributed by atoms with E-state index in [1.165, 1.54) is 75.5 Å². The molecule has 2 aromatic rings. The lowest BCUT2D eigenvalue weighted by Crippen LogP contribution is -2.51. The van der Waals surface area contributed by atoms with Crippen molar-refractivity contribution in [2.24, 2.45) is 0 Å². The fourth-order valence-electron chi connectivity index (χ4n) is 6.46. The molecule has 2 rings (SSSR count). The van der Waals surface area contributed by atoms with Gasteiger partial charge in [-0.05, 0) is 127 Å². The summed E-state index contributed by atoms with van der Waals surface area (Å²) in [4.78, 5) is 0. The highest BCUT2D eigenvalue weighted by Gasteiger charge is 2.35. The standard InChI is InChI=1S/C18H26O3Si2.2C12H30OSi2.2C2H6/c1-22(2,15-19-17-11-7-5-8-12-17)21-23(3,4)16-20-18-13-9-6-10-14-18;2*1-7-9-11-14(3,4)13-15(5,6)12-10-8-2;2*1-2/h5-14H,15-16H2,1-4H3;2*7-12H2,1-6H3;2*1-2H3. The smallest absolute Gasteiger partial charge is 0.213 e. The van der Waals surface area contributed by atoms with E-state index in [0.29, 0.717) is 12.5 Å². The number of benzene rings is 2. The van der Waals surface area contributed by atoms with Crippen molar-refractivity contribution in [3.05, 3.63) is 60.7 Å². The highest BCUT2D eigenvalue weighted by Crippen LogP contribution is 2.26. The molecule has 0 aliphatic rings. The van der Waals surface area contributed by atoms with Crippen molar-refractivity contribution < 1.29 is 21.8 Å². The van der Waals surface area contributed by atoms with Gasteiger partial charge in [-0.15, -0.1) is 0 Å². The van der Waals surface area contributed by atoms with Gasteiger partial charge < -0.3 is 21.8 Å². The van der Waals surface area contributed by atoms with E-state index in [2.05, 4.69) is 106 Å². The summed E-state index contributed by atoms with van der Waals surface area (Å²) in [6.07, 6.45) is 11.9. The molecule has 0 amide bonds. The maximum atomic E-state index is 6.51. The molecule has 0 fully saturated rings. The first-order chi connectivity index (χ1) is 26.5. The topological polar surface area (TPSA) is 46.2 Å². The van der Waals surface area contributed by atoms with Crippen LogP contribution in [0.4, 0.5) is 0 Å². The van der Waals surface area contributed by atoms with Gasteiger partial charge in [-0.1, -0.05) is 143 Å². The minimum atomic E-state index is -1.90. The highest BCUT2D eigenvalue weighted by molar-refractivity contribution is 6.86. The Morgan fingerprint density at radius 3 is 0.754 bits per heavy atom. The molecular weight excluding hydrogens is 801 g/mol. The van der Waals surface area contributed by atoms with Gasteiger partial charge in [-0.2, -0.15) is 0 Å². The van der Waals surface area contributed by atoms with Crippen molar-refractivity contribution in [3.8, 4) is 11.5 Å². The molecule has 0 aliphatic heterocycles. The number of para-hydroxylation sites is 2. The zero-order valence-corrected chi connectivity index (χ0v) is 47.7. The number of ether oxygens (including phenoxy) is 2. The van der Waals surface area contributed by atoms with Crippen molar-refractivity contribution in [1.29, 1.82) is 0 Å². The highest BCUT2D eigenvalue weighted by atomic mass is 28.4. The van der Waals surface area contributed by atoms with Crippen molar-refractivity contribution in [3.63, 3.8) is 0 Å². The second-order valence-electron chi connectivity index (χ2n) is 18.5. The quantitative estimate of drug-likeness (QED) is 0.0983. The van der Waals surface area contributed by atoms with Crippen LogP contribution in [0, 0.1) is 0 Å². The van der Waals surface area contributed by atoms with Gasteiger partial charge in [0.05, 0.1) is 0 Å². The Bertz CT molecular complexity index is 1050. The third kappa shape index (κ3) is 36.8. The summed E-state index contributed by atoms with van der Waals surface area (Å²) < 4.78 is 31.3. The molecule has 57 heavy (non-hydrogen) atoms. The number of hydrogen-bond donors (Lipinski definition) is 0. The fraction of sp³-hybridized carbons (Fsp3) is 0.739. The minimum Gasteiger partial charge on any atom is -0.494 e. The van der Waals surface area contributed by atoms with E-state index in [0.717, 1.165) is 11.5 Å². The maximum Gasteiger partial charge on any atom is 0.213 e. The summed E-state index contributed by atoms with van der Waals surface area (Å²) >= 11 is 0. The molecule has 5 nitrogen and oxygen atoms in total. The van der Waals surface area contributed by atoms with E-state index >= 15 is 0 Å². The Balaban J connectivity index is -0.000000761. The summed E-state index contributed by atoms with van der Waals surface area (Å²) in [5.41, 5.74) is 0. The SMILES string of the molecule is CC.CC.CCCC[Si](C)(C)O[Si](C)(C)CCCC.CCCC[Si](C)(C)O[Si](C)(C)CCCC.C[Si](C)(COc1ccccc1)O[Si](C)(C)COc1ccccc1. The van der Waals surface area contributed by atoms with E-state index in [1.807, 2.05) is 88.4 Å². The molecule has 0 saturated carbocycles. The molecule has 0 bridgehead atoms. The molecule has 0 spiro atoms. The first-order valence-electron chi connectivity index (χ1n) is 23.0. The summed E-state index contributed by atoms with van der Waals surface area (Å²) in [6.45, 7) is 45.0. The van der Waals surface area contributed by atoms with Crippen LogP contribution in [0.15, 0.2) is 60.7 Å². The van der Waals surface area contributed by atoms with Crippen molar-refractivity contribution in [2.75, 3.05) is 12.5 Å². The normalized spacial score (nSPS) is 12.0. The van der Waals surface area contributed by atoms with Crippen LogP contribution in [0.3, 0.4) is 0 Å². The monoisotopic (exact) mass is 899 g/mol. The van der Waals surface area contributed by atoms with E-state index in [4.69, 9.17) is 21.8 Å². The molecule has 2 aromatic carbocycles. The number of hydrogen-bond acceptors (Lipinski definition) is 5. The van der Waals surface area contributed by atoms with E-state index < -0.39 is 49.9 Å². The Kier molecular flexibility index (Phi) is 35.0. The molecular formula is C46H98O5Si6. The molecule has 0 radical (unpaired) electrons. The van der Waals surface area contributed by atoms with Crippen LogP contribution >= 0.6 is 0 Å². The lowest BCUT2D eigenvalue weighted by molar-refractivity contribution is 0.329. The van der Waals surface area contributed by atoms with Gasteiger partial charge >= 0.3 is 0 Å².